The lowest BCUT2D eigenvalue weighted by Gasteiger charge is -2.32. The van der Waals surface area contributed by atoms with E-state index in [0.717, 1.165) is 25.5 Å². The van der Waals surface area contributed by atoms with E-state index < -0.39 is 0 Å². The molecule has 0 aliphatic carbocycles. The van der Waals surface area contributed by atoms with Crippen LogP contribution in [0.25, 0.3) is 0 Å². The molecule has 1 rings (SSSR count). The molecule has 0 saturated carbocycles. The highest BCUT2D eigenvalue weighted by atomic mass is 127. The van der Waals surface area contributed by atoms with Gasteiger partial charge in [0.2, 0.25) is 5.91 Å². The normalized spacial score (nSPS) is 17.0. The van der Waals surface area contributed by atoms with Gasteiger partial charge < -0.3 is 20.4 Å². The van der Waals surface area contributed by atoms with Crippen LogP contribution < -0.4 is 10.6 Å². The minimum atomic E-state index is 0. The Hall–Kier alpha value is -0.570. The quantitative estimate of drug-likeness (QED) is 0.326. The number of rotatable bonds is 8. The summed E-state index contributed by atoms with van der Waals surface area (Å²) in [6.45, 7) is 11.0. The fraction of sp³-hybridized carbons (Fsp3) is 0.889. The third-order valence-corrected chi connectivity index (χ3v) is 4.42. The first-order chi connectivity index (χ1) is 11.4. The highest BCUT2D eigenvalue weighted by Gasteiger charge is 2.16. The molecule has 1 atom stereocenters. The summed E-state index contributed by atoms with van der Waals surface area (Å²) in [5, 5.41) is 6.70. The van der Waals surface area contributed by atoms with Crippen LogP contribution in [0, 0.1) is 5.92 Å². The van der Waals surface area contributed by atoms with Crippen LogP contribution in [0.2, 0.25) is 0 Å². The molecule has 1 unspecified atom stereocenters. The van der Waals surface area contributed by atoms with E-state index in [1.807, 2.05) is 0 Å². The Morgan fingerprint density at radius 1 is 1.12 bits per heavy atom. The molecule has 0 aromatic carbocycles. The van der Waals surface area contributed by atoms with Gasteiger partial charge in [-0.1, -0.05) is 20.3 Å². The molecule has 1 aliphatic heterocycles. The van der Waals surface area contributed by atoms with Gasteiger partial charge in [0.25, 0.3) is 0 Å². The number of nitrogens with one attached hydrogen (secondary N) is 2. The molecule has 0 radical (unpaired) electrons. The van der Waals surface area contributed by atoms with Gasteiger partial charge in [0.05, 0.1) is 0 Å². The average Bonchev–Trinajstić information content (AvgIpc) is 2.56. The molecule has 0 aromatic heterocycles. The van der Waals surface area contributed by atoms with Gasteiger partial charge in [0, 0.05) is 33.2 Å². The van der Waals surface area contributed by atoms with Gasteiger partial charge in [-0.05, 0) is 45.2 Å². The van der Waals surface area contributed by atoms with Crippen LogP contribution in [0.5, 0.6) is 0 Å². The van der Waals surface area contributed by atoms with Crippen molar-refractivity contribution in [2.45, 2.75) is 52.5 Å². The van der Waals surface area contributed by atoms with Crippen LogP contribution in [-0.4, -0.2) is 74.5 Å². The van der Waals surface area contributed by atoms with Crippen molar-refractivity contribution in [2.75, 3.05) is 46.8 Å². The molecule has 0 aromatic rings. The Bertz CT molecular complexity index is 395. The smallest absolute Gasteiger partial charge is 0.243 e. The number of nitrogens with zero attached hydrogens (tertiary/aromatic N) is 3. The average molecular weight is 467 g/mol. The monoisotopic (exact) mass is 467 g/mol. The fourth-order valence-electron chi connectivity index (χ4n) is 2.70. The summed E-state index contributed by atoms with van der Waals surface area (Å²) < 4.78 is 0. The van der Waals surface area contributed by atoms with Crippen molar-refractivity contribution in [3.8, 4) is 0 Å². The lowest BCUT2D eigenvalue weighted by molar-refractivity contribution is -0.127. The van der Waals surface area contributed by atoms with E-state index in [1.54, 1.807) is 19.0 Å². The molecule has 148 valence electrons. The zero-order valence-corrected chi connectivity index (χ0v) is 19.0. The van der Waals surface area contributed by atoms with Crippen LogP contribution in [0.15, 0.2) is 4.99 Å². The maximum atomic E-state index is 11.7. The van der Waals surface area contributed by atoms with Gasteiger partial charge in [0.15, 0.2) is 5.96 Å². The number of carbonyl (C=O) groups is 1. The first-order valence-corrected chi connectivity index (χ1v) is 9.36. The molecule has 0 spiro atoms. The molecule has 25 heavy (non-hydrogen) atoms. The predicted molar refractivity (Wildman–Crippen MR) is 117 cm³/mol. The molecule has 0 bridgehead atoms. The SMILES string of the molecule is CC(C)CNC(=NCC(=O)N(C)C)NCCC(C)N1CCCCC1.I. The number of amides is 1. The van der Waals surface area contributed by atoms with Gasteiger partial charge in [-0.3, -0.25) is 4.79 Å². The summed E-state index contributed by atoms with van der Waals surface area (Å²) in [7, 11) is 3.51. The molecular weight excluding hydrogens is 429 g/mol. The molecule has 7 heteroatoms. The van der Waals surface area contributed by atoms with Gasteiger partial charge >= 0.3 is 0 Å². The largest absolute Gasteiger partial charge is 0.356 e. The number of likely N-dealkylation sites (tertiary alicyclic amines) is 1. The van der Waals surface area contributed by atoms with E-state index in [1.165, 1.54) is 32.4 Å². The Labute approximate surface area is 171 Å². The van der Waals surface area contributed by atoms with Crippen molar-refractivity contribution in [1.82, 2.24) is 20.4 Å². The van der Waals surface area contributed by atoms with E-state index in [-0.39, 0.29) is 36.4 Å². The van der Waals surface area contributed by atoms with Crippen LogP contribution >= 0.6 is 24.0 Å². The van der Waals surface area contributed by atoms with Gasteiger partial charge in [-0.25, -0.2) is 4.99 Å². The molecule has 1 aliphatic rings. The highest BCUT2D eigenvalue weighted by molar-refractivity contribution is 14.0. The van der Waals surface area contributed by atoms with Crippen LogP contribution in [-0.2, 0) is 4.79 Å². The predicted octanol–water partition coefficient (Wildman–Crippen LogP) is 2.15. The van der Waals surface area contributed by atoms with Crippen molar-refractivity contribution in [1.29, 1.82) is 0 Å². The summed E-state index contributed by atoms with van der Waals surface area (Å²) in [5.41, 5.74) is 0. The summed E-state index contributed by atoms with van der Waals surface area (Å²) in [5.74, 6) is 1.29. The Morgan fingerprint density at radius 2 is 1.76 bits per heavy atom. The number of likely N-dealkylation sites (N-methyl/N-ethyl adjacent to an activating group) is 1. The molecule has 1 heterocycles. The first kappa shape index (κ1) is 24.4. The van der Waals surface area contributed by atoms with Crippen molar-refractivity contribution in [3.05, 3.63) is 0 Å². The van der Waals surface area contributed by atoms with Gasteiger partial charge in [-0.2, -0.15) is 0 Å². The fourth-order valence-corrected chi connectivity index (χ4v) is 2.70. The lowest BCUT2D eigenvalue weighted by atomic mass is 10.1. The van der Waals surface area contributed by atoms with E-state index >= 15 is 0 Å². The second kappa shape index (κ2) is 13.6. The lowest BCUT2D eigenvalue weighted by Crippen LogP contribution is -2.43. The third kappa shape index (κ3) is 10.9. The second-order valence-corrected chi connectivity index (χ2v) is 7.39. The maximum absolute atomic E-state index is 11.7. The van der Waals surface area contributed by atoms with E-state index in [4.69, 9.17) is 0 Å². The maximum Gasteiger partial charge on any atom is 0.243 e. The van der Waals surface area contributed by atoms with Crippen LogP contribution in [0.4, 0.5) is 0 Å². The molecule has 2 N–H and O–H groups in total. The Balaban J connectivity index is 0.00000576. The number of halogens is 1. The number of carbonyl (C=O) groups excluding carboxylic acids is 1. The van der Waals surface area contributed by atoms with Crippen molar-refractivity contribution >= 4 is 35.8 Å². The van der Waals surface area contributed by atoms with Gasteiger partial charge in [-0.15, -0.1) is 24.0 Å². The number of hydrogen-bond acceptors (Lipinski definition) is 3. The summed E-state index contributed by atoms with van der Waals surface area (Å²) in [6, 6.07) is 0.590. The third-order valence-electron chi connectivity index (χ3n) is 4.42. The van der Waals surface area contributed by atoms with E-state index in [9.17, 15) is 4.79 Å². The zero-order valence-electron chi connectivity index (χ0n) is 16.7. The van der Waals surface area contributed by atoms with Gasteiger partial charge in [0.1, 0.15) is 6.54 Å². The number of guanidine groups is 1. The second-order valence-electron chi connectivity index (χ2n) is 7.39. The molecular formula is C18H38IN5O. The highest BCUT2D eigenvalue weighted by Crippen LogP contribution is 2.13. The van der Waals surface area contributed by atoms with Crippen LogP contribution in [0.3, 0.4) is 0 Å². The summed E-state index contributed by atoms with van der Waals surface area (Å²) >= 11 is 0. The van der Waals surface area contributed by atoms with E-state index in [2.05, 4.69) is 41.3 Å². The standard InChI is InChI=1S/C18H37N5O.HI/c1-15(2)13-20-18(21-14-17(24)22(4)5)19-10-9-16(3)23-11-7-6-8-12-23;/h15-16H,6-14H2,1-5H3,(H2,19,20,21);1H. The molecule has 6 nitrogen and oxygen atoms in total. The Morgan fingerprint density at radius 3 is 2.32 bits per heavy atom. The molecule has 1 amide bonds. The van der Waals surface area contributed by atoms with Crippen molar-refractivity contribution in [3.63, 3.8) is 0 Å². The van der Waals surface area contributed by atoms with Crippen LogP contribution in [0.1, 0.15) is 46.5 Å². The van der Waals surface area contributed by atoms with Crippen molar-refractivity contribution in [2.24, 2.45) is 10.9 Å². The topological polar surface area (TPSA) is 60.0 Å². The molecule has 1 saturated heterocycles. The zero-order chi connectivity index (χ0) is 17.9. The minimum absolute atomic E-state index is 0. The number of hydrogen-bond donors (Lipinski definition) is 2. The Kier molecular flexibility index (Phi) is 13.3. The van der Waals surface area contributed by atoms with E-state index in [0.29, 0.717) is 12.0 Å². The number of piperidine rings is 1. The summed E-state index contributed by atoms with van der Waals surface area (Å²) in [6.07, 6.45) is 5.11. The molecule has 1 fully saturated rings. The minimum Gasteiger partial charge on any atom is -0.356 e. The number of aliphatic imine (C=N–C) groups is 1. The summed E-state index contributed by atoms with van der Waals surface area (Å²) in [4.78, 5) is 20.3. The van der Waals surface area contributed by atoms with Crippen molar-refractivity contribution < 1.29 is 4.79 Å². The first-order valence-electron chi connectivity index (χ1n) is 9.36.